The van der Waals surface area contributed by atoms with E-state index in [1.165, 1.54) is 24.0 Å². The summed E-state index contributed by atoms with van der Waals surface area (Å²) in [6.07, 6.45) is 1.38. The normalized spacial score (nSPS) is 14.2. The van der Waals surface area contributed by atoms with Gasteiger partial charge in [0.05, 0.1) is 6.20 Å². The predicted molar refractivity (Wildman–Crippen MR) is 78.0 cm³/mol. The molecule has 1 atom stereocenters. The van der Waals surface area contributed by atoms with Crippen LogP contribution in [0.15, 0.2) is 17.3 Å². The van der Waals surface area contributed by atoms with Crippen LogP contribution in [0.1, 0.15) is 34.6 Å². The summed E-state index contributed by atoms with van der Waals surface area (Å²) in [7, 11) is -2.32. The van der Waals surface area contributed by atoms with Gasteiger partial charge in [-0.3, -0.25) is 9.48 Å². The summed E-state index contributed by atoms with van der Waals surface area (Å²) in [5.74, 6) is -0.842. The molecule has 0 saturated heterocycles. The lowest BCUT2D eigenvalue weighted by Gasteiger charge is -2.26. The molecule has 0 fully saturated rings. The Morgan fingerprint density at radius 2 is 1.95 bits per heavy atom. The summed E-state index contributed by atoms with van der Waals surface area (Å²) in [4.78, 5) is 12.2. The summed E-state index contributed by atoms with van der Waals surface area (Å²) < 4.78 is 33.5. The van der Waals surface area contributed by atoms with Gasteiger partial charge in [-0.05, 0) is 32.8 Å². The average Bonchev–Trinajstić information content (AvgIpc) is 2.70. The van der Waals surface area contributed by atoms with E-state index in [0.29, 0.717) is 0 Å². The number of ether oxygens (including phenoxy) is 1. The van der Waals surface area contributed by atoms with Crippen molar-refractivity contribution in [2.45, 2.75) is 51.3 Å². The molecule has 0 radical (unpaired) electrons. The first-order chi connectivity index (χ1) is 9.44. The zero-order valence-electron chi connectivity index (χ0n) is 13.2. The van der Waals surface area contributed by atoms with E-state index >= 15 is 0 Å². The van der Waals surface area contributed by atoms with Crippen LogP contribution in [0.3, 0.4) is 0 Å². The van der Waals surface area contributed by atoms with Crippen molar-refractivity contribution in [3.8, 4) is 0 Å². The van der Waals surface area contributed by atoms with Crippen LogP contribution >= 0.6 is 0 Å². The Kier molecular flexibility index (Phi) is 5.16. The molecule has 120 valence electrons. The molecule has 0 unspecified atom stereocenters. The van der Waals surface area contributed by atoms with Gasteiger partial charge in [0, 0.05) is 7.05 Å². The number of nitrogens with one attached hydrogen (secondary N) is 1. The van der Waals surface area contributed by atoms with Crippen LogP contribution in [0, 0.1) is 5.92 Å². The van der Waals surface area contributed by atoms with Crippen LogP contribution in [-0.4, -0.2) is 35.8 Å². The third-order valence-electron chi connectivity index (χ3n) is 2.66. The second-order valence-electron chi connectivity index (χ2n) is 6.17. The molecule has 1 rings (SSSR count). The molecule has 21 heavy (non-hydrogen) atoms. The number of hydrogen-bond acceptors (Lipinski definition) is 5. The third kappa shape index (κ3) is 4.82. The molecule has 0 bridgehead atoms. The highest BCUT2D eigenvalue weighted by Crippen LogP contribution is 2.15. The molecule has 1 aromatic heterocycles. The fourth-order valence-corrected chi connectivity index (χ4v) is 3.13. The third-order valence-corrected chi connectivity index (χ3v) is 4.18. The summed E-state index contributed by atoms with van der Waals surface area (Å²) in [6, 6.07) is 0.415. The Hall–Kier alpha value is -1.41. The van der Waals surface area contributed by atoms with Crippen molar-refractivity contribution in [1.29, 1.82) is 0 Å². The number of carbonyl (C=O) groups excluding carboxylic acids is 1. The van der Waals surface area contributed by atoms with Gasteiger partial charge < -0.3 is 4.74 Å². The molecule has 0 aliphatic rings. The van der Waals surface area contributed by atoms with Crippen LogP contribution in [0.2, 0.25) is 0 Å². The number of sulfonamides is 1. The SMILES string of the molecule is CC(C)[C@H](NS(=O)(=O)c1ccnn1C)C(=O)OC(C)(C)C. The van der Waals surface area contributed by atoms with E-state index in [-0.39, 0.29) is 10.9 Å². The Balaban J connectivity index is 2.99. The Morgan fingerprint density at radius 1 is 1.38 bits per heavy atom. The molecule has 0 saturated carbocycles. The van der Waals surface area contributed by atoms with Crippen molar-refractivity contribution in [3.63, 3.8) is 0 Å². The first-order valence-corrected chi connectivity index (χ1v) is 8.15. The molecule has 0 amide bonds. The van der Waals surface area contributed by atoms with Gasteiger partial charge in [0.1, 0.15) is 11.6 Å². The average molecular weight is 317 g/mol. The Bertz CT molecular complexity index is 599. The molecule has 1 heterocycles. The van der Waals surface area contributed by atoms with E-state index in [1.54, 1.807) is 34.6 Å². The molecule has 1 aromatic rings. The van der Waals surface area contributed by atoms with Crippen LogP contribution in [0.5, 0.6) is 0 Å². The maximum atomic E-state index is 12.3. The summed E-state index contributed by atoms with van der Waals surface area (Å²) in [6.45, 7) is 8.70. The number of hydrogen-bond donors (Lipinski definition) is 1. The van der Waals surface area contributed by atoms with Gasteiger partial charge >= 0.3 is 5.97 Å². The fourth-order valence-electron chi connectivity index (χ4n) is 1.67. The quantitative estimate of drug-likeness (QED) is 0.820. The molecule has 0 aromatic carbocycles. The van der Waals surface area contributed by atoms with Crippen LogP contribution in [0.25, 0.3) is 0 Å². The highest BCUT2D eigenvalue weighted by atomic mass is 32.2. The molecule has 0 aliphatic heterocycles. The maximum Gasteiger partial charge on any atom is 0.324 e. The summed E-state index contributed by atoms with van der Waals surface area (Å²) in [5, 5.41) is 3.82. The van der Waals surface area contributed by atoms with Crippen molar-refractivity contribution in [2.75, 3.05) is 0 Å². The number of rotatable bonds is 5. The van der Waals surface area contributed by atoms with E-state index < -0.39 is 27.6 Å². The van der Waals surface area contributed by atoms with Crippen molar-refractivity contribution in [1.82, 2.24) is 14.5 Å². The predicted octanol–water partition coefficient (Wildman–Crippen LogP) is 1.06. The first-order valence-electron chi connectivity index (χ1n) is 6.67. The lowest BCUT2D eigenvalue weighted by Crippen LogP contribution is -2.47. The minimum absolute atomic E-state index is 0.00305. The number of aryl methyl sites for hydroxylation is 1. The van der Waals surface area contributed by atoms with Crippen LogP contribution in [0.4, 0.5) is 0 Å². The standard InChI is InChI=1S/C13H23N3O4S/c1-9(2)11(12(17)20-13(3,4)5)15-21(18,19)10-7-8-14-16(10)6/h7-9,11,15H,1-6H3/t11-/m0/s1. The van der Waals surface area contributed by atoms with E-state index in [0.717, 1.165) is 0 Å². The van der Waals surface area contributed by atoms with E-state index in [1.807, 2.05) is 0 Å². The lowest BCUT2D eigenvalue weighted by atomic mass is 10.1. The summed E-state index contributed by atoms with van der Waals surface area (Å²) >= 11 is 0. The fraction of sp³-hybridized carbons (Fsp3) is 0.692. The highest BCUT2D eigenvalue weighted by molar-refractivity contribution is 7.89. The topological polar surface area (TPSA) is 90.3 Å². The second kappa shape index (κ2) is 6.15. The first kappa shape index (κ1) is 17.6. The van der Waals surface area contributed by atoms with Crippen molar-refractivity contribution >= 4 is 16.0 Å². The Labute approximate surface area is 125 Å². The van der Waals surface area contributed by atoms with Gasteiger partial charge in [0.25, 0.3) is 10.0 Å². The lowest BCUT2D eigenvalue weighted by molar-refractivity contribution is -0.158. The van der Waals surface area contributed by atoms with Crippen molar-refractivity contribution < 1.29 is 17.9 Å². The highest BCUT2D eigenvalue weighted by Gasteiger charge is 2.32. The largest absolute Gasteiger partial charge is 0.459 e. The van der Waals surface area contributed by atoms with Gasteiger partial charge in [-0.2, -0.15) is 9.82 Å². The number of carbonyl (C=O) groups is 1. The van der Waals surface area contributed by atoms with Crippen molar-refractivity contribution in [2.24, 2.45) is 13.0 Å². The smallest absolute Gasteiger partial charge is 0.324 e. The maximum absolute atomic E-state index is 12.3. The molecular weight excluding hydrogens is 294 g/mol. The molecule has 1 N–H and O–H groups in total. The second-order valence-corrected chi connectivity index (χ2v) is 7.83. The molecule has 7 nitrogen and oxygen atoms in total. The molecule has 8 heteroatoms. The van der Waals surface area contributed by atoms with E-state index in [2.05, 4.69) is 9.82 Å². The zero-order chi connectivity index (χ0) is 16.4. The van der Waals surface area contributed by atoms with Gasteiger partial charge in [-0.15, -0.1) is 0 Å². The van der Waals surface area contributed by atoms with Gasteiger partial charge in [-0.25, -0.2) is 8.42 Å². The molecular formula is C13H23N3O4S. The van der Waals surface area contributed by atoms with Gasteiger partial charge in [0.2, 0.25) is 0 Å². The van der Waals surface area contributed by atoms with E-state index in [9.17, 15) is 13.2 Å². The molecule has 0 aliphatic carbocycles. The summed E-state index contributed by atoms with van der Waals surface area (Å²) in [5.41, 5.74) is -0.678. The van der Waals surface area contributed by atoms with Crippen molar-refractivity contribution in [3.05, 3.63) is 12.3 Å². The van der Waals surface area contributed by atoms with Crippen LogP contribution < -0.4 is 4.72 Å². The van der Waals surface area contributed by atoms with E-state index in [4.69, 9.17) is 4.74 Å². The zero-order valence-corrected chi connectivity index (χ0v) is 14.1. The minimum Gasteiger partial charge on any atom is -0.459 e. The Morgan fingerprint density at radius 3 is 2.33 bits per heavy atom. The number of nitrogens with zero attached hydrogens (tertiary/aromatic N) is 2. The minimum atomic E-state index is -3.84. The molecule has 0 spiro atoms. The van der Waals surface area contributed by atoms with Gasteiger partial charge in [0.15, 0.2) is 5.03 Å². The number of aromatic nitrogens is 2. The van der Waals surface area contributed by atoms with Gasteiger partial charge in [-0.1, -0.05) is 13.8 Å². The van der Waals surface area contributed by atoms with Crippen LogP contribution in [-0.2, 0) is 26.6 Å². The monoisotopic (exact) mass is 317 g/mol. The number of esters is 1.